The van der Waals surface area contributed by atoms with E-state index in [4.69, 9.17) is 18.9 Å². The van der Waals surface area contributed by atoms with Crippen molar-refractivity contribution in [3.8, 4) is 0 Å². The van der Waals surface area contributed by atoms with Gasteiger partial charge in [0, 0.05) is 32.0 Å². The van der Waals surface area contributed by atoms with Crippen LogP contribution in [0.3, 0.4) is 0 Å². The topological polar surface area (TPSA) is 71.1 Å². The van der Waals surface area contributed by atoms with Gasteiger partial charge in [-0.15, -0.1) is 6.58 Å². The van der Waals surface area contributed by atoms with Crippen molar-refractivity contribution in [2.45, 2.75) is 51.4 Å². The molecule has 1 heterocycles. The highest BCUT2D eigenvalue weighted by Crippen LogP contribution is 2.64. The highest BCUT2D eigenvalue weighted by atomic mass is 16.7. The third kappa shape index (κ3) is 3.15. The summed E-state index contributed by atoms with van der Waals surface area (Å²) < 4.78 is 22.0. The van der Waals surface area contributed by atoms with E-state index in [9.17, 15) is 9.59 Å². The zero-order valence-electron chi connectivity index (χ0n) is 16.4. The summed E-state index contributed by atoms with van der Waals surface area (Å²) in [6.07, 6.45) is 1.32. The molecule has 0 aromatic carbocycles. The van der Waals surface area contributed by atoms with Crippen LogP contribution in [-0.2, 0) is 28.5 Å². The highest BCUT2D eigenvalue weighted by molar-refractivity contribution is 5.97. The average Bonchev–Trinajstić information content (AvgIpc) is 2.80. The van der Waals surface area contributed by atoms with Crippen molar-refractivity contribution >= 4 is 11.8 Å². The Kier molecular flexibility index (Phi) is 6.10. The third-order valence-electron chi connectivity index (χ3n) is 5.66. The van der Waals surface area contributed by atoms with E-state index in [1.807, 2.05) is 13.8 Å². The Bertz CT molecular complexity index is 595. The van der Waals surface area contributed by atoms with Crippen LogP contribution in [0.5, 0.6) is 0 Å². The Labute approximate surface area is 155 Å². The van der Waals surface area contributed by atoms with Crippen LogP contribution in [0.25, 0.3) is 0 Å². The summed E-state index contributed by atoms with van der Waals surface area (Å²) in [5.74, 6) is -1.41. The maximum Gasteiger partial charge on any atom is 0.313 e. The lowest BCUT2D eigenvalue weighted by Crippen LogP contribution is -2.66. The number of rotatable bonds is 10. The Balaban J connectivity index is 2.39. The number of allylic oxidation sites excluding steroid dienone is 1. The number of esters is 1. The molecule has 0 N–H and O–H groups in total. The van der Waals surface area contributed by atoms with E-state index in [-0.39, 0.29) is 24.9 Å². The second-order valence-electron chi connectivity index (χ2n) is 7.91. The number of hydrogen-bond donors (Lipinski definition) is 0. The summed E-state index contributed by atoms with van der Waals surface area (Å²) in [4.78, 5) is 25.9. The molecular formula is C20H30O6. The zero-order valence-corrected chi connectivity index (χ0v) is 16.4. The molecule has 1 aliphatic carbocycles. The average molecular weight is 366 g/mol. The van der Waals surface area contributed by atoms with E-state index < -0.39 is 35.1 Å². The van der Waals surface area contributed by atoms with Gasteiger partial charge in [-0.3, -0.25) is 9.59 Å². The third-order valence-corrected chi connectivity index (χ3v) is 5.66. The minimum atomic E-state index is -1.14. The van der Waals surface area contributed by atoms with E-state index in [1.54, 1.807) is 13.0 Å². The predicted octanol–water partition coefficient (Wildman–Crippen LogP) is 2.67. The van der Waals surface area contributed by atoms with Gasteiger partial charge in [0.2, 0.25) is 0 Å². The molecule has 6 heteroatoms. The highest BCUT2D eigenvalue weighted by Gasteiger charge is 2.75. The van der Waals surface area contributed by atoms with E-state index in [2.05, 4.69) is 13.2 Å². The van der Waals surface area contributed by atoms with Crippen LogP contribution in [0.1, 0.15) is 33.6 Å². The lowest BCUT2D eigenvalue weighted by Gasteiger charge is -2.56. The van der Waals surface area contributed by atoms with Crippen molar-refractivity contribution in [3.05, 3.63) is 24.8 Å². The number of ketones is 1. The van der Waals surface area contributed by atoms with Crippen molar-refractivity contribution < 1.29 is 28.5 Å². The number of methoxy groups -OCH3 is 2. The summed E-state index contributed by atoms with van der Waals surface area (Å²) in [5, 5.41) is 0. The fourth-order valence-electron chi connectivity index (χ4n) is 4.52. The summed E-state index contributed by atoms with van der Waals surface area (Å²) in [7, 11) is 3.03. The number of hydrogen-bond acceptors (Lipinski definition) is 6. The molecule has 0 aromatic heterocycles. The van der Waals surface area contributed by atoms with Crippen molar-refractivity contribution in [3.63, 3.8) is 0 Å². The van der Waals surface area contributed by atoms with Gasteiger partial charge in [0.25, 0.3) is 0 Å². The monoisotopic (exact) mass is 366 g/mol. The predicted molar refractivity (Wildman–Crippen MR) is 96.4 cm³/mol. The van der Waals surface area contributed by atoms with E-state index in [1.165, 1.54) is 14.2 Å². The fourth-order valence-corrected chi connectivity index (χ4v) is 4.52. The molecule has 1 aliphatic heterocycles. The van der Waals surface area contributed by atoms with E-state index in [0.717, 1.165) is 5.57 Å². The first-order valence-corrected chi connectivity index (χ1v) is 8.82. The second-order valence-corrected chi connectivity index (χ2v) is 7.91. The molecule has 2 rings (SSSR count). The summed E-state index contributed by atoms with van der Waals surface area (Å²) in [5.41, 5.74) is -0.822. The second kappa shape index (κ2) is 7.62. The zero-order chi connectivity index (χ0) is 19.7. The molecule has 1 saturated heterocycles. The Morgan fingerprint density at radius 3 is 2.54 bits per heavy atom. The molecule has 2 fully saturated rings. The fraction of sp³-hybridized carbons (Fsp3) is 0.700. The van der Waals surface area contributed by atoms with Gasteiger partial charge in [-0.25, -0.2) is 0 Å². The summed E-state index contributed by atoms with van der Waals surface area (Å²) >= 11 is 0. The van der Waals surface area contributed by atoms with Crippen molar-refractivity contribution in [2.24, 2.45) is 17.3 Å². The van der Waals surface area contributed by atoms with E-state index >= 15 is 0 Å². The van der Waals surface area contributed by atoms with Gasteiger partial charge < -0.3 is 18.9 Å². The van der Waals surface area contributed by atoms with Crippen LogP contribution >= 0.6 is 0 Å². The molecule has 0 aromatic rings. The molecule has 146 valence electrons. The molecule has 0 unspecified atom stereocenters. The number of carbonyl (C=O) groups excluding carboxylic acids is 2. The lowest BCUT2D eigenvalue weighted by atomic mass is 9.48. The summed E-state index contributed by atoms with van der Waals surface area (Å²) in [6.45, 7) is 13.3. The van der Waals surface area contributed by atoms with Gasteiger partial charge in [-0.05, 0) is 13.3 Å². The van der Waals surface area contributed by atoms with Gasteiger partial charge >= 0.3 is 5.97 Å². The van der Waals surface area contributed by atoms with Gasteiger partial charge in [-0.1, -0.05) is 32.1 Å². The number of ether oxygens (including phenoxy) is 4. The summed E-state index contributed by atoms with van der Waals surface area (Å²) in [6, 6.07) is 0. The minimum absolute atomic E-state index is 0.00493. The first-order valence-electron chi connectivity index (χ1n) is 8.82. The van der Waals surface area contributed by atoms with Crippen LogP contribution in [0, 0.1) is 17.3 Å². The van der Waals surface area contributed by atoms with Gasteiger partial charge in [-0.2, -0.15) is 0 Å². The normalized spacial score (nSPS) is 31.3. The molecule has 0 spiro atoms. The van der Waals surface area contributed by atoms with Gasteiger partial charge in [0.15, 0.2) is 11.4 Å². The number of fused-ring (bicyclic) bond motifs is 1. The number of Topliss-reactive ketones (excluding diaryl/α,β-unsaturated/α-hetero) is 1. The Hall–Kier alpha value is -1.50. The molecule has 2 aliphatic rings. The maximum absolute atomic E-state index is 13.0. The maximum atomic E-state index is 13.0. The smallest absolute Gasteiger partial charge is 0.313 e. The van der Waals surface area contributed by atoms with Crippen molar-refractivity contribution in [2.75, 3.05) is 21.0 Å². The number of carbonyl (C=O) groups is 2. The van der Waals surface area contributed by atoms with Gasteiger partial charge in [0.1, 0.15) is 19.0 Å². The van der Waals surface area contributed by atoms with Crippen LogP contribution in [0.2, 0.25) is 0 Å². The Morgan fingerprint density at radius 2 is 2.08 bits per heavy atom. The molecular weight excluding hydrogens is 336 g/mol. The van der Waals surface area contributed by atoms with Crippen LogP contribution in [0.15, 0.2) is 24.8 Å². The molecule has 1 saturated carbocycles. The van der Waals surface area contributed by atoms with Crippen LogP contribution < -0.4 is 0 Å². The largest absolute Gasteiger partial charge is 0.450 e. The van der Waals surface area contributed by atoms with Crippen LogP contribution in [-0.4, -0.2) is 50.6 Å². The quantitative estimate of drug-likeness (QED) is 0.336. The van der Waals surface area contributed by atoms with Crippen molar-refractivity contribution in [1.29, 1.82) is 0 Å². The first-order chi connectivity index (χ1) is 12.2. The lowest BCUT2D eigenvalue weighted by molar-refractivity contribution is -0.201. The van der Waals surface area contributed by atoms with Gasteiger partial charge in [0.05, 0.1) is 5.92 Å². The SMILES string of the molecule is C=C[C@H](OC)[C@@H](OCOC)[C@@H]1C(=O)O[C@]2(C(=O)CC(=C)C)[C@H]1CC2(C)C. The van der Waals surface area contributed by atoms with Crippen LogP contribution in [0.4, 0.5) is 0 Å². The molecule has 0 bridgehead atoms. The molecule has 5 atom stereocenters. The minimum Gasteiger partial charge on any atom is -0.450 e. The molecule has 6 nitrogen and oxygen atoms in total. The Morgan fingerprint density at radius 1 is 1.42 bits per heavy atom. The standard InChI is InChI=1S/C20H30O6/c1-8-14(24-7)17(25-11-23-6)16-13-10-19(4,5)20(13,26-18(16)22)15(21)9-12(2)3/h8,13-14,16-17H,1-2,9-11H2,3-7H3/t13-,14-,16+,17+,20-/m0/s1. The van der Waals surface area contributed by atoms with E-state index in [0.29, 0.717) is 6.42 Å². The molecule has 26 heavy (non-hydrogen) atoms. The molecule has 0 amide bonds. The molecule has 0 radical (unpaired) electrons. The first kappa shape index (κ1) is 20.8. The van der Waals surface area contributed by atoms with Crippen molar-refractivity contribution in [1.82, 2.24) is 0 Å².